The fourth-order valence-corrected chi connectivity index (χ4v) is 3.50. The summed E-state index contributed by atoms with van der Waals surface area (Å²) in [6.45, 7) is 1.75. The molecular formula is C24H24N4O4S. The summed E-state index contributed by atoms with van der Waals surface area (Å²) in [5.41, 5.74) is 2.43. The first-order valence-electron chi connectivity index (χ1n) is 10.1. The molecule has 0 aliphatic heterocycles. The number of nitrogens with one attached hydrogen (secondary N) is 2. The molecule has 3 aromatic rings. The number of pyridine rings is 1. The molecule has 3 rings (SSSR count). The number of carbonyl (C=O) groups is 2. The number of fused-ring (bicyclic) bond motifs is 1. The van der Waals surface area contributed by atoms with Crippen molar-refractivity contribution in [3.05, 3.63) is 78.5 Å². The van der Waals surface area contributed by atoms with E-state index < -0.39 is 12.3 Å². The van der Waals surface area contributed by atoms with Gasteiger partial charge < -0.3 is 20.1 Å². The van der Waals surface area contributed by atoms with Crippen LogP contribution < -0.4 is 10.6 Å². The van der Waals surface area contributed by atoms with E-state index in [0.717, 1.165) is 33.9 Å². The van der Waals surface area contributed by atoms with Crippen molar-refractivity contribution in [2.45, 2.75) is 13.1 Å². The second-order valence-electron chi connectivity index (χ2n) is 6.73. The van der Waals surface area contributed by atoms with Gasteiger partial charge in [0.2, 0.25) is 5.91 Å². The highest BCUT2D eigenvalue weighted by molar-refractivity contribution is 8.14. The average Bonchev–Trinajstić information content (AvgIpc) is 2.83. The number of hydrogen-bond donors (Lipinski definition) is 2. The lowest BCUT2D eigenvalue weighted by Crippen LogP contribution is -2.31. The third-order valence-corrected chi connectivity index (χ3v) is 5.02. The molecule has 0 spiro atoms. The number of aliphatic imine (C=N–C) groups is 1. The zero-order valence-corrected chi connectivity index (χ0v) is 19.0. The van der Waals surface area contributed by atoms with Gasteiger partial charge in [0.05, 0.1) is 18.3 Å². The summed E-state index contributed by atoms with van der Waals surface area (Å²) >= 11 is 1.15. The summed E-state index contributed by atoms with van der Waals surface area (Å²) in [6.07, 6.45) is 3.55. The molecule has 2 N–H and O–H groups in total. The van der Waals surface area contributed by atoms with Crippen molar-refractivity contribution < 1.29 is 19.1 Å². The van der Waals surface area contributed by atoms with E-state index in [1.807, 2.05) is 60.7 Å². The van der Waals surface area contributed by atoms with Crippen molar-refractivity contribution in [1.82, 2.24) is 10.3 Å². The van der Waals surface area contributed by atoms with Crippen LogP contribution in [0, 0.1) is 0 Å². The number of amides is 1. The van der Waals surface area contributed by atoms with Crippen LogP contribution in [-0.4, -0.2) is 41.4 Å². The molecular weight excluding hydrogens is 440 g/mol. The van der Waals surface area contributed by atoms with Crippen LogP contribution in [0.3, 0.4) is 0 Å². The average molecular weight is 465 g/mol. The Morgan fingerprint density at radius 3 is 2.70 bits per heavy atom. The van der Waals surface area contributed by atoms with Gasteiger partial charge in [0.15, 0.2) is 5.17 Å². The van der Waals surface area contributed by atoms with Gasteiger partial charge in [-0.05, 0) is 42.5 Å². The molecule has 0 aliphatic carbocycles. The maximum absolute atomic E-state index is 12.3. The number of nitrogens with zero attached hydrogens (tertiary/aromatic N) is 2. The quantitative estimate of drug-likeness (QED) is 0.172. The van der Waals surface area contributed by atoms with Gasteiger partial charge in [-0.15, -0.1) is 0 Å². The first kappa shape index (κ1) is 23.8. The molecule has 9 heteroatoms. The zero-order valence-electron chi connectivity index (χ0n) is 18.2. The summed E-state index contributed by atoms with van der Waals surface area (Å²) in [4.78, 5) is 32.5. The van der Waals surface area contributed by atoms with E-state index in [0.29, 0.717) is 5.17 Å². The van der Waals surface area contributed by atoms with Crippen LogP contribution in [0.15, 0.2) is 77.9 Å². The van der Waals surface area contributed by atoms with Crippen LogP contribution in [-0.2, 0) is 14.3 Å². The fraction of sp³-hybridized carbons (Fsp3) is 0.167. The molecule has 8 nitrogen and oxygen atoms in total. The first-order chi connectivity index (χ1) is 16.0. The molecule has 0 saturated heterocycles. The molecule has 1 amide bonds. The minimum Gasteiger partial charge on any atom is -0.438 e. The SMILES string of the molecule is COC(=O)OCSC(=NC(C)NC(=O)/C=C/c1ccccc1)Nc1cccc2cccnc12. The van der Waals surface area contributed by atoms with E-state index in [2.05, 4.69) is 25.3 Å². The van der Waals surface area contributed by atoms with Gasteiger partial charge in [0, 0.05) is 17.7 Å². The highest BCUT2D eigenvalue weighted by atomic mass is 32.2. The van der Waals surface area contributed by atoms with E-state index in [-0.39, 0.29) is 11.8 Å². The van der Waals surface area contributed by atoms with Crippen molar-refractivity contribution in [2.75, 3.05) is 18.4 Å². The van der Waals surface area contributed by atoms with Crippen LogP contribution in [0.2, 0.25) is 0 Å². The Labute approximate surface area is 196 Å². The van der Waals surface area contributed by atoms with Gasteiger partial charge in [-0.25, -0.2) is 9.79 Å². The highest BCUT2D eigenvalue weighted by Gasteiger charge is 2.11. The Balaban J connectivity index is 1.72. The van der Waals surface area contributed by atoms with Gasteiger partial charge >= 0.3 is 6.16 Å². The Morgan fingerprint density at radius 1 is 1.12 bits per heavy atom. The zero-order chi connectivity index (χ0) is 23.5. The Kier molecular flexibility index (Phi) is 8.84. The molecule has 0 fully saturated rings. The van der Waals surface area contributed by atoms with E-state index in [4.69, 9.17) is 4.74 Å². The van der Waals surface area contributed by atoms with Crippen molar-refractivity contribution in [3.8, 4) is 0 Å². The molecule has 1 heterocycles. The third-order valence-electron chi connectivity index (χ3n) is 4.30. The number of ether oxygens (including phenoxy) is 2. The number of amidine groups is 1. The summed E-state index contributed by atoms with van der Waals surface area (Å²) < 4.78 is 9.46. The molecule has 0 aliphatic rings. The number of carbonyl (C=O) groups excluding carboxylic acids is 2. The Hall–Kier alpha value is -3.85. The first-order valence-corrected chi connectivity index (χ1v) is 11.1. The Morgan fingerprint density at radius 2 is 1.91 bits per heavy atom. The molecule has 0 radical (unpaired) electrons. The second kappa shape index (κ2) is 12.3. The number of aromatic nitrogens is 1. The van der Waals surface area contributed by atoms with Crippen molar-refractivity contribution >= 4 is 51.7 Å². The monoisotopic (exact) mass is 464 g/mol. The predicted octanol–water partition coefficient (Wildman–Crippen LogP) is 4.65. The van der Waals surface area contributed by atoms with Crippen LogP contribution in [0.1, 0.15) is 12.5 Å². The molecule has 0 bridgehead atoms. The minimum absolute atomic E-state index is 0.0225. The minimum atomic E-state index is -0.791. The number of thioether (sulfide) groups is 1. The number of benzene rings is 2. The largest absolute Gasteiger partial charge is 0.508 e. The van der Waals surface area contributed by atoms with Crippen LogP contribution in [0.4, 0.5) is 10.5 Å². The van der Waals surface area contributed by atoms with Gasteiger partial charge in [-0.3, -0.25) is 9.78 Å². The fourth-order valence-electron chi connectivity index (χ4n) is 2.82. The molecule has 1 aromatic heterocycles. The second-order valence-corrected chi connectivity index (χ2v) is 7.64. The van der Waals surface area contributed by atoms with Gasteiger partial charge in [-0.2, -0.15) is 0 Å². The normalized spacial score (nSPS) is 12.4. The number of anilines is 1. The maximum Gasteiger partial charge on any atom is 0.508 e. The molecule has 1 atom stereocenters. The highest BCUT2D eigenvalue weighted by Crippen LogP contribution is 2.22. The molecule has 33 heavy (non-hydrogen) atoms. The van der Waals surface area contributed by atoms with Crippen LogP contribution in [0.25, 0.3) is 17.0 Å². The lowest BCUT2D eigenvalue weighted by atomic mass is 10.2. The molecule has 0 saturated carbocycles. The van der Waals surface area contributed by atoms with Gasteiger partial charge in [-0.1, -0.05) is 48.5 Å². The third kappa shape index (κ3) is 7.65. The summed E-state index contributed by atoms with van der Waals surface area (Å²) in [5, 5.41) is 7.43. The summed E-state index contributed by atoms with van der Waals surface area (Å²) in [5.74, 6) is -0.303. The lowest BCUT2D eigenvalue weighted by molar-refractivity contribution is -0.116. The van der Waals surface area contributed by atoms with Crippen LogP contribution in [0.5, 0.6) is 0 Å². The van der Waals surface area contributed by atoms with Crippen molar-refractivity contribution in [3.63, 3.8) is 0 Å². The van der Waals surface area contributed by atoms with Crippen LogP contribution >= 0.6 is 11.8 Å². The lowest BCUT2D eigenvalue weighted by Gasteiger charge is -2.14. The maximum atomic E-state index is 12.3. The van der Waals surface area contributed by atoms with E-state index in [1.165, 1.54) is 13.2 Å². The summed E-state index contributed by atoms with van der Waals surface area (Å²) in [7, 11) is 1.24. The Bertz CT molecular complexity index is 1150. The standard InChI is InChI=1S/C24H24N4O4S/c1-17(26-21(29)14-13-18-8-4-3-5-9-18)27-23(33-16-32-24(30)31-2)28-20-12-6-10-19-11-7-15-25-22(19)20/h3-15,17H,16H2,1-2H3,(H,26,29)(H,27,28)/b14-13+. The van der Waals surface area contributed by atoms with Crippen molar-refractivity contribution in [2.24, 2.45) is 4.99 Å². The number of para-hydroxylation sites is 1. The van der Waals surface area contributed by atoms with Crippen molar-refractivity contribution in [1.29, 1.82) is 0 Å². The van der Waals surface area contributed by atoms with Gasteiger partial charge in [0.25, 0.3) is 0 Å². The van der Waals surface area contributed by atoms with E-state index >= 15 is 0 Å². The van der Waals surface area contributed by atoms with E-state index in [1.54, 1.807) is 19.2 Å². The smallest absolute Gasteiger partial charge is 0.438 e. The molecule has 170 valence electrons. The van der Waals surface area contributed by atoms with E-state index in [9.17, 15) is 9.59 Å². The summed E-state index contributed by atoms with van der Waals surface area (Å²) in [6, 6.07) is 19.1. The number of rotatable bonds is 7. The number of hydrogen-bond acceptors (Lipinski definition) is 7. The molecule has 1 unspecified atom stereocenters. The predicted molar refractivity (Wildman–Crippen MR) is 132 cm³/mol. The molecule has 2 aromatic carbocycles. The number of methoxy groups -OCH3 is 1. The van der Waals surface area contributed by atoms with Gasteiger partial charge in [0.1, 0.15) is 12.1 Å². The topological polar surface area (TPSA) is 102 Å².